The van der Waals surface area contributed by atoms with Gasteiger partial charge >= 0.3 is 0 Å². The van der Waals surface area contributed by atoms with E-state index < -0.39 is 0 Å². The fourth-order valence-corrected chi connectivity index (χ4v) is 2.07. The van der Waals surface area contributed by atoms with Crippen molar-refractivity contribution in [1.82, 2.24) is 5.32 Å². The Morgan fingerprint density at radius 2 is 2.12 bits per heavy atom. The second kappa shape index (κ2) is 7.75. The summed E-state index contributed by atoms with van der Waals surface area (Å²) in [6, 6.07) is 9.53. The Kier molecular flexibility index (Phi) is 6.19. The predicted molar refractivity (Wildman–Crippen MR) is 70.6 cm³/mol. The van der Waals surface area contributed by atoms with Crippen LogP contribution in [-0.4, -0.2) is 18.2 Å². The number of amides is 1. The zero-order chi connectivity index (χ0) is 12.5. The largest absolute Gasteiger partial charge is 0.355 e. The Morgan fingerprint density at radius 3 is 2.71 bits per heavy atom. The molecule has 90 valence electrons. The molecule has 0 saturated carbocycles. The van der Waals surface area contributed by atoms with E-state index in [4.69, 9.17) is 5.26 Å². The molecule has 1 rings (SSSR count). The Bertz CT molecular complexity index is 395. The van der Waals surface area contributed by atoms with Crippen molar-refractivity contribution < 1.29 is 4.79 Å². The van der Waals surface area contributed by atoms with Crippen molar-refractivity contribution in [1.29, 1.82) is 5.26 Å². The summed E-state index contributed by atoms with van der Waals surface area (Å²) >= 11 is 1.58. The van der Waals surface area contributed by atoms with Gasteiger partial charge in [-0.3, -0.25) is 4.79 Å². The van der Waals surface area contributed by atoms with E-state index in [0.29, 0.717) is 11.3 Å². The van der Waals surface area contributed by atoms with Gasteiger partial charge in [-0.2, -0.15) is 5.26 Å². The topological polar surface area (TPSA) is 52.9 Å². The van der Waals surface area contributed by atoms with Gasteiger partial charge < -0.3 is 5.32 Å². The smallest absolute Gasteiger partial charge is 0.230 e. The molecule has 0 spiro atoms. The first-order valence-electron chi connectivity index (χ1n) is 5.59. The van der Waals surface area contributed by atoms with Crippen LogP contribution in [0.25, 0.3) is 0 Å². The van der Waals surface area contributed by atoms with Gasteiger partial charge in [-0.15, -0.1) is 11.8 Å². The summed E-state index contributed by atoms with van der Waals surface area (Å²) in [5.41, 5.74) is 1.80. The van der Waals surface area contributed by atoms with E-state index >= 15 is 0 Å². The standard InChI is InChI=1S/C13H16N2OS/c1-2-7-15-13(16)10-17-9-12-5-3-11(8-14)4-6-12/h3-6H,2,7,9-10H2,1H3,(H,15,16). The molecule has 0 saturated heterocycles. The third-order valence-electron chi connectivity index (χ3n) is 2.16. The zero-order valence-corrected chi connectivity index (χ0v) is 10.7. The van der Waals surface area contributed by atoms with Crippen molar-refractivity contribution >= 4 is 17.7 Å². The van der Waals surface area contributed by atoms with Crippen LogP contribution in [0.1, 0.15) is 24.5 Å². The molecule has 0 aromatic heterocycles. The molecule has 0 aliphatic heterocycles. The van der Waals surface area contributed by atoms with Gasteiger partial charge in [0, 0.05) is 12.3 Å². The lowest BCUT2D eigenvalue weighted by atomic mass is 10.2. The summed E-state index contributed by atoms with van der Waals surface area (Å²) in [6.45, 7) is 2.78. The Hall–Kier alpha value is -1.47. The van der Waals surface area contributed by atoms with Crippen LogP contribution in [0.15, 0.2) is 24.3 Å². The third-order valence-corrected chi connectivity index (χ3v) is 3.16. The van der Waals surface area contributed by atoms with Crippen molar-refractivity contribution in [3.63, 3.8) is 0 Å². The number of hydrogen-bond donors (Lipinski definition) is 1. The second-order valence-corrected chi connectivity index (χ2v) is 4.64. The molecule has 3 nitrogen and oxygen atoms in total. The van der Waals surface area contributed by atoms with Gasteiger partial charge in [0.15, 0.2) is 0 Å². The van der Waals surface area contributed by atoms with Crippen molar-refractivity contribution in [3.05, 3.63) is 35.4 Å². The number of benzene rings is 1. The van der Waals surface area contributed by atoms with Crippen LogP contribution < -0.4 is 5.32 Å². The Morgan fingerprint density at radius 1 is 1.41 bits per heavy atom. The minimum absolute atomic E-state index is 0.0884. The van der Waals surface area contributed by atoms with E-state index in [2.05, 4.69) is 11.4 Å². The summed E-state index contributed by atoms with van der Waals surface area (Å²) in [7, 11) is 0. The summed E-state index contributed by atoms with van der Waals surface area (Å²) in [5, 5.41) is 11.5. The molecule has 0 heterocycles. The number of nitrogens with zero attached hydrogens (tertiary/aromatic N) is 1. The number of thioether (sulfide) groups is 1. The Balaban J connectivity index is 2.26. The summed E-state index contributed by atoms with van der Waals surface area (Å²) in [6.07, 6.45) is 0.964. The number of rotatable bonds is 6. The first-order valence-corrected chi connectivity index (χ1v) is 6.75. The minimum Gasteiger partial charge on any atom is -0.355 e. The number of nitriles is 1. The molecular weight excluding hydrogens is 232 g/mol. The van der Waals surface area contributed by atoms with Crippen LogP contribution in [0.3, 0.4) is 0 Å². The SMILES string of the molecule is CCCNC(=O)CSCc1ccc(C#N)cc1. The van der Waals surface area contributed by atoms with Crippen molar-refractivity contribution in [2.24, 2.45) is 0 Å². The van der Waals surface area contributed by atoms with E-state index in [1.807, 2.05) is 19.1 Å². The lowest BCUT2D eigenvalue weighted by molar-refractivity contribution is -0.118. The van der Waals surface area contributed by atoms with Crippen molar-refractivity contribution in [3.8, 4) is 6.07 Å². The van der Waals surface area contributed by atoms with E-state index in [1.54, 1.807) is 23.9 Å². The molecule has 1 N–H and O–H groups in total. The van der Waals surface area contributed by atoms with Crippen molar-refractivity contribution in [2.75, 3.05) is 12.3 Å². The molecule has 0 unspecified atom stereocenters. The summed E-state index contributed by atoms with van der Waals surface area (Å²) in [4.78, 5) is 11.3. The molecule has 4 heteroatoms. The van der Waals surface area contributed by atoms with Gasteiger partial charge in [-0.1, -0.05) is 19.1 Å². The molecule has 0 fully saturated rings. The van der Waals surface area contributed by atoms with Crippen molar-refractivity contribution in [2.45, 2.75) is 19.1 Å². The summed E-state index contributed by atoms with van der Waals surface area (Å²) < 4.78 is 0. The fraction of sp³-hybridized carbons (Fsp3) is 0.385. The maximum atomic E-state index is 11.3. The quantitative estimate of drug-likeness (QED) is 0.840. The molecule has 0 bridgehead atoms. The number of nitrogens with one attached hydrogen (secondary N) is 1. The van der Waals surface area contributed by atoms with Gasteiger partial charge in [-0.25, -0.2) is 0 Å². The normalized spacial score (nSPS) is 9.65. The van der Waals surface area contributed by atoms with E-state index in [-0.39, 0.29) is 5.91 Å². The van der Waals surface area contributed by atoms with E-state index in [0.717, 1.165) is 24.3 Å². The minimum atomic E-state index is 0.0884. The van der Waals surface area contributed by atoms with Crippen LogP contribution in [0.2, 0.25) is 0 Å². The number of carbonyl (C=O) groups excluding carboxylic acids is 1. The Labute approximate surface area is 106 Å². The van der Waals surface area contributed by atoms with Crippen LogP contribution in [0.4, 0.5) is 0 Å². The van der Waals surface area contributed by atoms with Gasteiger partial charge in [0.1, 0.15) is 0 Å². The zero-order valence-electron chi connectivity index (χ0n) is 9.90. The highest BCUT2D eigenvalue weighted by atomic mass is 32.2. The molecule has 1 aromatic rings. The maximum Gasteiger partial charge on any atom is 0.230 e. The second-order valence-electron chi connectivity index (χ2n) is 3.65. The molecule has 0 aliphatic rings. The molecule has 1 amide bonds. The summed E-state index contributed by atoms with van der Waals surface area (Å²) in [5.74, 6) is 1.37. The van der Waals surface area contributed by atoms with Gasteiger partial charge in [0.05, 0.1) is 17.4 Å². The molecule has 0 aliphatic carbocycles. The lowest BCUT2D eigenvalue weighted by Gasteiger charge is -2.03. The van der Waals surface area contributed by atoms with Crippen LogP contribution in [-0.2, 0) is 10.5 Å². The number of carbonyl (C=O) groups is 1. The van der Waals surface area contributed by atoms with E-state index in [1.165, 1.54) is 0 Å². The lowest BCUT2D eigenvalue weighted by Crippen LogP contribution is -2.25. The molecule has 0 atom stereocenters. The van der Waals surface area contributed by atoms with Gasteiger partial charge in [0.25, 0.3) is 0 Å². The molecule has 0 radical (unpaired) electrons. The number of hydrogen-bond acceptors (Lipinski definition) is 3. The van der Waals surface area contributed by atoms with Gasteiger partial charge in [-0.05, 0) is 24.1 Å². The first kappa shape index (κ1) is 13.6. The average Bonchev–Trinajstić information content (AvgIpc) is 2.37. The molecule has 1 aromatic carbocycles. The van der Waals surface area contributed by atoms with Crippen LogP contribution >= 0.6 is 11.8 Å². The maximum absolute atomic E-state index is 11.3. The first-order chi connectivity index (χ1) is 8.26. The molecule has 17 heavy (non-hydrogen) atoms. The average molecular weight is 248 g/mol. The highest BCUT2D eigenvalue weighted by Crippen LogP contribution is 2.12. The molecular formula is C13H16N2OS. The van der Waals surface area contributed by atoms with Gasteiger partial charge in [0.2, 0.25) is 5.91 Å². The predicted octanol–water partition coefficient (Wildman–Crippen LogP) is 2.32. The highest BCUT2D eigenvalue weighted by molar-refractivity contribution is 7.99. The van der Waals surface area contributed by atoms with Crippen LogP contribution in [0, 0.1) is 11.3 Å². The fourth-order valence-electron chi connectivity index (χ4n) is 1.25. The van der Waals surface area contributed by atoms with Crippen LogP contribution in [0.5, 0.6) is 0 Å². The third kappa shape index (κ3) is 5.41. The monoisotopic (exact) mass is 248 g/mol. The highest BCUT2D eigenvalue weighted by Gasteiger charge is 2.00. The van der Waals surface area contributed by atoms with E-state index in [9.17, 15) is 4.79 Å².